The van der Waals surface area contributed by atoms with E-state index in [1.54, 1.807) is 6.07 Å². The van der Waals surface area contributed by atoms with Gasteiger partial charge in [0, 0.05) is 5.39 Å². The van der Waals surface area contributed by atoms with E-state index in [0.717, 1.165) is 23.6 Å². The quantitative estimate of drug-likeness (QED) is 0.852. The zero-order valence-electron chi connectivity index (χ0n) is 12.9. The van der Waals surface area contributed by atoms with Crippen molar-refractivity contribution in [3.63, 3.8) is 0 Å². The molecule has 0 radical (unpaired) electrons. The lowest BCUT2D eigenvalue weighted by Gasteiger charge is -2.32. The molecule has 2 aromatic rings. The van der Waals surface area contributed by atoms with Crippen molar-refractivity contribution in [2.24, 2.45) is 11.8 Å². The molecule has 0 amide bonds. The van der Waals surface area contributed by atoms with Crippen LogP contribution in [-0.4, -0.2) is 6.54 Å². The topological polar surface area (TPSA) is 25.2 Å². The highest BCUT2D eigenvalue weighted by Gasteiger charge is 2.29. The molecule has 1 N–H and O–H groups in total. The van der Waals surface area contributed by atoms with E-state index in [2.05, 4.69) is 19.2 Å². The number of benzene rings is 1. The smallest absolute Gasteiger partial charge is 0.169 e. The van der Waals surface area contributed by atoms with Crippen LogP contribution < -0.4 is 5.32 Å². The van der Waals surface area contributed by atoms with Gasteiger partial charge < -0.3 is 9.73 Å². The van der Waals surface area contributed by atoms with Crippen molar-refractivity contribution in [3.8, 4) is 0 Å². The Kier molecular flexibility index (Phi) is 4.29. The number of rotatable bonds is 4. The molecule has 1 aliphatic carbocycles. The molecule has 1 aliphatic rings. The van der Waals surface area contributed by atoms with Crippen LogP contribution >= 0.6 is 0 Å². The SMILES string of the molecule is CCNC(c1cc2cccc(F)c2o1)C1CCC(C)CC1. The van der Waals surface area contributed by atoms with Gasteiger partial charge >= 0.3 is 0 Å². The van der Waals surface area contributed by atoms with E-state index < -0.39 is 0 Å². The number of halogens is 1. The highest BCUT2D eigenvalue weighted by Crippen LogP contribution is 2.38. The van der Waals surface area contributed by atoms with E-state index in [-0.39, 0.29) is 11.9 Å². The van der Waals surface area contributed by atoms with Gasteiger partial charge in [0.15, 0.2) is 11.4 Å². The summed E-state index contributed by atoms with van der Waals surface area (Å²) in [6.07, 6.45) is 5.00. The molecule has 1 fully saturated rings. The molecule has 1 unspecified atom stereocenters. The van der Waals surface area contributed by atoms with Gasteiger partial charge in [-0.2, -0.15) is 0 Å². The van der Waals surface area contributed by atoms with Gasteiger partial charge in [-0.3, -0.25) is 0 Å². The summed E-state index contributed by atoms with van der Waals surface area (Å²) in [5.41, 5.74) is 0.389. The molecule has 1 aromatic heterocycles. The standard InChI is InChI=1S/C18H24FNO/c1-3-20-17(13-9-7-12(2)8-10-13)16-11-14-5-4-6-15(19)18(14)21-16/h4-6,11-13,17,20H,3,7-10H2,1-2H3. The molecule has 21 heavy (non-hydrogen) atoms. The second-order valence-electron chi connectivity index (χ2n) is 6.36. The molecule has 0 saturated heterocycles. The second-order valence-corrected chi connectivity index (χ2v) is 6.36. The number of hydrogen-bond donors (Lipinski definition) is 1. The molecular weight excluding hydrogens is 265 g/mol. The number of hydrogen-bond acceptors (Lipinski definition) is 2. The van der Waals surface area contributed by atoms with E-state index in [1.165, 1.54) is 31.7 Å². The van der Waals surface area contributed by atoms with Crippen LogP contribution in [0.2, 0.25) is 0 Å². The van der Waals surface area contributed by atoms with Gasteiger partial charge in [0.25, 0.3) is 0 Å². The Hall–Kier alpha value is -1.35. The minimum absolute atomic E-state index is 0.203. The fourth-order valence-electron chi connectivity index (χ4n) is 3.54. The summed E-state index contributed by atoms with van der Waals surface area (Å²) < 4.78 is 19.7. The first kappa shape index (κ1) is 14.6. The largest absolute Gasteiger partial charge is 0.456 e. The third kappa shape index (κ3) is 2.98. The maximum absolute atomic E-state index is 13.8. The molecule has 1 aromatic carbocycles. The fourth-order valence-corrected chi connectivity index (χ4v) is 3.54. The van der Waals surface area contributed by atoms with Crippen molar-refractivity contribution >= 4 is 11.0 Å². The first-order valence-electron chi connectivity index (χ1n) is 8.10. The first-order chi connectivity index (χ1) is 10.2. The monoisotopic (exact) mass is 289 g/mol. The Morgan fingerprint density at radius 2 is 2.05 bits per heavy atom. The Labute approximate surface area is 125 Å². The molecule has 3 rings (SSSR count). The Morgan fingerprint density at radius 1 is 1.29 bits per heavy atom. The van der Waals surface area contributed by atoms with Gasteiger partial charge in [-0.1, -0.05) is 38.8 Å². The van der Waals surface area contributed by atoms with Crippen LogP contribution in [0.15, 0.2) is 28.7 Å². The minimum Gasteiger partial charge on any atom is -0.456 e. The molecule has 0 aliphatic heterocycles. The molecule has 1 saturated carbocycles. The van der Waals surface area contributed by atoms with Crippen LogP contribution in [0, 0.1) is 17.7 Å². The third-order valence-corrected chi connectivity index (χ3v) is 4.78. The van der Waals surface area contributed by atoms with Crippen LogP contribution in [0.25, 0.3) is 11.0 Å². The first-order valence-corrected chi connectivity index (χ1v) is 8.10. The summed E-state index contributed by atoms with van der Waals surface area (Å²) in [5, 5.41) is 4.41. The van der Waals surface area contributed by atoms with Gasteiger partial charge in [-0.25, -0.2) is 4.39 Å². The molecule has 0 bridgehead atoms. The molecule has 1 heterocycles. The van der Waals surface area contributed by atoms with Crippen LogP contribution in [0.4, 0.5) is 4.39 Å². The van der Waals surface area contributed by atoms with Gasteiger partial charge in [-0.15, -0.1) is 0 Å². The van der Waals surface area contributed by atoms with Gasteiger partial charge in [0.1, 0.15) is 5.76 Å². The predicted octanol–water partition coefficient (Wildman–Crippen LogP) is 5.05. The summed E-state index contributed by atoms with van der Waals surface area (Å²) in [4.78, 5) is 0. The zero-order chi connectivity index (χ0) is 14.8. The highest BCUT2D eigenvalue weighted by atomic mass is 19.1. The molecule has 1 atom stereocenters. The third-order valence-electron chi connectivity index (χ3n) is 4.78. The highest BCUT2D eigenvalue weighted by molar-refractivity contribution is 5.78. The van der Waals surface area contributed by atoms with Crippen LogP contribution in [0.3, 0.4) is 0 Å². The van der Waals surface area contributed by atoms with E-state index in [9.17, 15) is 4.39 Å². The number of furan rings is 1. The average molecular weight is 289 g/mol. The Bertz CT molecular complexity index is 598. The maximum atomic E-state index is 13.8. The van der Waals surface area contributed by atoms with Gasteiger partial charge in [0.2, 0.25) is 0 Å². The summed E-state index contributed by atoms with van der Waals surface area (Å²) in [6, 6.07) is 7.32. The molecule has 2 nitrogen and oxygen atoms in total. The number of para-hydroxylation sites is 1. The molecular formula is C18H24FNO. The lowest BCUT2D eigenvalue weighted by molar-refractivity contribution is 0.216. The minimum atomic E-state index is -0.272. The predicted molar refractivity (Wildman–Crippen MR) is 83.7 cm³/mol. The van der Waals surface area contributed by atoms with Crippen molar-refractivity contribution < 1.29 is 8.81 Å². The average Bonchev–Trinajstić information content (AvgIpc) is 2.91. The molecule has 0 spiro atoms. The summed E-state index contributed by atoms with van der Waals surface area (Å²) in [6.45, 7) is 5.34. The van der Waals surface area contributed by atoms with Crippen molar-refractivity contribution in [3.05, 3.63) is 35.8 Å². The number of fused-ring (bicyclic) bond motifs is 1. The summed E-state index contributed by atoms with van der Waals surface area (Å²) >= 11 is 0. The van der Waals surface area contributed by atoms with Crippen LogP contribution in [-0.2, 0) is 0 Å². The lowest BCUT2D eigenvalue weighted by Crippen LogP contribution is -2.30. The van der Waals surface area contributed by atoms with E-state index >= 15 is 0 Å². The lowest BCUT2D eigenvalue weighted by atomic mass is 9.78. The van der Waals surface area contributed by atoms with Gasteiger partial charge in [-0.05, 0) is 43.4 Å². The number of nitrogens with one attached hydrogen (secondary N) is 1. The van der Waals surface area contributed by atoms with Gasteiger partial charge in [0.05, 0.1) is 6.04 Å². The van der Waals surface area contributed by atoms with E-state index in [4.69, 9.17) is 4.42 Å². The normalized spacial score (nSPS) is 24.3. The molecule has 3 heteroatoms. The molecule has 114 valence electrons. The Balaban J connectivity index is 1.89. The summed E-state index contributed by atoms with van der Waals surface area (Å²) in [5.74, 6) is 2.03. The van der Waals surface area contributed by atoms with Crippen molar-refractivity contribution in [1.82, 2.24) is 5.32 Å². The van der Waals surface area contributed by atoms with Crippen LogP contribution in [0.5, 0.6) is 0 Å². The maximum Gasteiger partial charge on any atom is 0.169 e. The second kappa shape index (κ2) is 6.18. The van der Waals surface area contributed by atoms with E-state index in [0.29, 0.717) is 11.5 Å². The van der Waals surface area contributed by atoms with E-state index in [1.807, 2.05) is 12.1 Å². The van der Waals surface area contributed by atoms with Crippen molar-refractivity contribution in [2.75, 3.05) is 6.54 Å². The van der Waals surface area contributed by atoms with Crippen molar-refractivity contribution in [2.45, 2.75) is 45.6 Å². The Morgan fingerprint density at radius 3 is 2.71 bits per heavy atom. The fraction of sp³-hybridized carbons (Fsp3) is 0.556. The zero-order valence-corrected chi connectivity index (χ0v) is 12.9. The van der Waals surface area contributed by atoms with Crippen LogP contribution in [0.1, 0.15) is 51.3 Å². The summed E-state index contributed by atoms with van der Waals surface area (Å²) in [7, 11) is 0. The van der Waals surface area contributed by atoms with Crippen molar-refractivity contribution in [1.29, 1.82) is 0 Å².